The lowest BCUT2D eigenvalue weighted by Crippen LogP contribution is -2.39. The molecule has 0 unspecified atom stereocenters. The molecule has 122 valence electrons. The molecule has 1 aliphatic heterocycles. The molecular weight excluding hydrogens is 318 g/mol. The van der Waals surface area contributed by atoms with Crippen LogP contribution in [-0.2, 0) is 10.0 Å². The number of rotatable bonds is 4. The summed E-state index contributed by atoms with van der Waals surface area (Å²) in [6.07, 6.45) is 4.49. The second kappa shape index (κ2) is 6.09. The quantitative estimate of drug-likeness (QED) is 0.869. The van der Waals surface area contributed by atoms with Crippen molar-refractivity contribution in [2.45, 2.75) is 23.8 Å². The van der Waals surface area contributed by atoms with Gasteiger partial charge in [0.1, 0.15) is 12.7 Å². The highest BCUT2D eigenvalue weighted by molar-refractivity contribution is 7.89. The third-order valence-corrected chi connectivity index (χ3v) is 5.92. The van der Waals surface area contributed by atoms with Gasteiger partial charge in [0.25, 0.3) is 0 Å². The van der Waals surface area contributed by atoms with Crippen molar-refractivity contribution >= 4 is 15.9 Å². The zero-order valence-electron chi connectivity index (χ0n) is 12.4. The molecule has 1 aromatic heterocycles. The van der Waals surface area contributed by atoms with Gasteiger partial charge in [-0.3, -0.25) is 4.79 Å². The SMILES string of the molecule is NC(=O)c1ccc(S(=O)(=O)N2CCC(n3cncn3)CC2)cc1. The Kier molecular flexibility index (Phi) is 4.14. The van der Waals surface area contributed by atoms with E-state index in [0.29, 0.717) is 25.9 Å². The van der Waals surface area contributed by atoms with Crippen molar-refractivity contribution in [1.82, 2.24) is 19.1 Å². The van der Waals surface area contributed by atoms with Crippen LogP contribution in [0, 0.1) is 0 Å². The van der Waals surface area contributed by atoms with Crippen LogP contribution in [-0.4, -0.2) is 46.5 Å². The smallest absolute Gasteiger partial charge is 0.248 e. The molecule has 8 nitrogen and oxygen atoms in total. The Morgan fingerprint density at radius 2 is 1.83 bits per heavy atom. The highest BCUT2D eigenvalue weighted by atomic mass is 32.2. The van der Waals surface area contributed by atoms with Crippen LogP contribution in [0.4, 0.5) is 0 Å². The van der Waals surface area contributed by atoms with E-state index in [2.05, 4.69) is 10.1 Å². The third-order valence-electron chi connectivity index (χ3n) is 4.01. The molecule has 1 amide bonds. The average molecular weight is 335 g/mol. The number of primary amides is 1. The molecule has 0 bridgehead atoms. The summed E-state index contributed by atoms with van der Waals surface area (Å²) in [5.74, 6) is -0.581. The largest absolute Gasteiger partial charge is 0.366 e. The molecule has 2 N–H and O–H groups in total. The standard InChI is InChI=1S/C14H17N5O3S/c15-14(20)11-1-3-13(4-2-11)23(21,22)18-7-5-12(6-8-18)19-10-16-9-17-19/h1-4,9-10,12H,5-8H2,(H2,15,20). The molecule has 0 radical (unpaired) electrons. The highest BCUT2D eigenvalue weighted by Crippen LogP contribution is 2.26. The van der Waals surface area contributed by atoms with Crippen LogP contribution >= 0.6 is 0 Å². The van der Waals surface area contributed by atoms with E-state index in [1.807, 2.05) is 0 Å². The molecule has 1 aliphatic rings. The number of carbonyl (C=O) groups excluding carboxylic acids is 1. The minimum absolute atomic E-state index is 0.168. The Balaban J connectivity index is 1.72. The molecule has 2 heterocycles. The topological polar surface area (TPSA) is 111 Å². The summed E-state index contributed by atoms with van der Waals surface area (Å²) in [6.45, 7) is 0.842. The summed E-state index contributed by atoms with van der Waals surface area (Å²) in [6, 6.07) is 5.85. The van der Waals surface area contributed by atoms with Crippen LogP contribution in [0.25, 0.3) is 0 Å². The van der Waals surface area contributed by atoms with Crippen molar-refractivity contribution in [2.24, 2.45) is 5.73 Å². The molecule has 0 aliphatic carbocycles. The number of nitrogens with two attached hydrogens (primary N) is 1. The van der Waals surface area contributed by atoms with Gasteiger partial charge in [-0.1, -0.05) is 0 Å². The van der Waals surface area contributed by atoms with Gasteiger partial charge in [0.05, 0.1) is 10.9 Å². The second-order valence-corrected chi connectivity index (χ2v) is 7.34. The molecule has 1 fully saturated rings. The number of hydrogen-bond donors (Lipinski definition) is 1. The monoisotopic (exact) mass is 335 g/mol. The number of hydrogen-bond acceptors (Lipinski definition) is 5. The summed E-state index contributed by atoms with van der Waals surface area (Å²) in [7, 11) is -3.56. The number of aromatic nitrogens is 3. The van der Waals surface area contributed by atoms with Gasteiger partial charge in [0, 0.05) is 18.7 Å². The fourth-order valence-electron chi connectivity index (χ4n) is 2.69. The number of carbonyl (C=O) groups is 1. The molecule has 3 rings (SSSR count). The molecule has 0 atom stereocenters. The molecule has 1 saturated heterocycles. The molecule has 23 heavy (non-hydrogen) atoms. The highest BCUT2D eigenvalue weighted by Gasteiger charge is 2.30. The van der Waals surface area contributed by atoms with Crippen molar-refractivity contribution in [3.8, 4) is 0 Å². The van der Waals surface area contributed by atoms with E-state index in [1.165, 1.54) is 34.9 Å². The Morgan fingerprint density at radius 3 is 2.35 bits per heavy atom. The van der Waals surface area contributed by atoms with Gasteiger partial charge < -0.3 is 5.73 Å². The first kappa shape index (κ1) is 15.6. The molecule has 2 aromatic rings. The van der Waals surface area contributed by atoms with Gasteiger partial charge in [0.2, 0.25) is 15.9 Å². The third kappa shape index (κ3) is 3.10. The summed E-state index contributed by atoms with van der Waals surface area (Å²) in [4.78, 5) is 15.1. The summed E-state index contributed by atoms with van der Waals surface area (Å²) >= 11 is 0. The maximum absolute atomic E-state index is 12.6. The van der Waals surface area contributed by atoms with Crippen LogP contribution in [0.3, 0.4) is 0 Å². The van der Waals surface area contributed by atoms with E-state index in [4.69, 9.17) is 5.73 Å². The van der Waals surface area contributed by atoms with Gasteiger partial charge in [-0.15, -0.1) is 0 Å². The van der Waals surface area contributed by atoms with Crippen molar-refractivity contribution in [3.05, 3.63) is 42.5 Å². The van der Waals surface area contributed by atoms with Crippen molar-refractivity contribution < 1.29 is 13.2 Å². The molecule has 1 aromatic carbocycles. The number of benzene rings is 1. The Hall–Kier alpha value is -2.26. The number of piperidine rings is 1. The van der Waals surface area contributed by atoms with E-state index in [9.17, 15) is 13.2 Å². The van der Waals surface area contributed by atoms with Crippen molar-refractivity contribution in [2.75, 3.05) is 13.1 Å². The lowest BCUT2D eigenvalue weighted by atomic mass is 10.1. The number of amides is 1. The normalized spacial score (nSPS) is 17.2. The van der Waals surface area contributed by atoms with Crippen LogP contribution in [0.1, 0.15) is 29.2 Å². The average Bonchev–Trinajstić information content (AvgIpc) is 3.09. The van der Waals surface area contributed by atoms with E-state index < -0.39 is 15.9 Å². The first-order valence-electron chi connectivity index (χ1n) is 7.22. The lowest BCUT2D eigenvalue weighted by Gasteiger charge is -2.31. The van der Waals surface area contributed by atoms with E-state index in [1.54, 1.807) is 11.0 Å². The second-order valence-electron chi connectivity index (χ2n) is 5.40. The van der Waals surface area contributed by atoms with Crippen LogP contribution in [0.5, 0.6) is 0 Å². The Morgan fingerprint density at radius 1 is 1.17 bits per heavy atom. The van der Waals surface area contributed by atoms with Crippen LogP contribution in [0.2, 0.25) is 0 Å². The molecular formula is C14H17N5O3S. The Bertz CT molecular complexity index is 778. The number of nitrogens with zero attached hydrogens (tertiary/aromatic N) is 4. The predicted octanol–water partition coefficient (Wildman–Crippen LogP) is 0.403. The summed E-state index contributed by atoms with van der Waals surface area (Å²) in [5.41, 5.74) is 5.45. The van der Waals surface area contributed by atoms with Gasteiger partial charge >= 0.3 is 0 Å². The van der Waals surface area contributed by atoms with E-state index >= 15 is 0 Å². The van der Waals surface area contributed by atoms with Gasteiger partial charge in [-0.2, -0.15) is 9.40 Å². The van der Waals surface area contributed by atoms with Crippen molar-refractivity contribution in [1.29, 1.82) is 0 Å². The first-order chi connectivity index (χ1) is 11.0. The molecule has 0 spiro atoms. The van der Waals surface area contributed by atoms with Crippen LogP contribution < -0.4 is 5.73 Å². The fourth-order valence-corrected chi connectivity index (χ4v) is 4.16. The predicted molar refractivity (Wildman–Crippen MR) is 82.0 cm³/mol. The van der Waals surface area contributed by atoms with Crippen molar-refractivity contribution in [3.63, 3.8) is 0 Å². The first-order valence-corrected chi connectivity index (χ1v) is 8.66. The lowest BCUT2D eigenvalue weighted by molar-refractivity contribution is 0.1000. The van der Waals surface area contributed by atoms with E-state index in [0.717, 1.165) is 0 Å². The minimum Gasteiger partial charge on any atom is -0.366 e. The zero-order valence-corrected chi connectivity index (χ0v) is 13.2. The minimum atomic E-state index is -3.56. The van der Waals surface area contributed by atoms with Gasteiger partial charge in [-0.05, 0) is 37.1 Å². The summed E-state index contributed by atoms with van der Waals surface area (Å²) in [5, 5.41) is 4.11. The van der Waals surface area contributed by atoms with E-state index in [-0.39, 0.29) is 16.5 Å². The van der Waals surface area contributed by atoms with Gasteiger partial charge in [-0.25, -0.2) is 18.1 Å². The fraction of sp³-hybridized carbons (Fsp3) is 0.357. The van der Waals surface area contributed by atoms with Crippen LogP contribution in [0.15, 0.2) is 41.8 Å². The summed E-state index contributed by atoms with van der Waals surface area (Å²) < 4.78 is 28.5. The molecule has 0 saturated carbocycles. The maximum Gasteiger partial charge on any atom is 0.248 e. The zero-order chi connectivity index (χ0) is 16.4. The molecule has 9 heteroatoms. The number of sulfonamides is 1. The Labute approximate surface area is 134 Å². The maximum atomic E-state index is 12.6. The van der Waals surface area contributed by atoms with Gasteiger partial charge in [0.15, 0.2) is 0 Å².